The number of phenols is 1. The molecule has 0 saturated carbocycles. The molecule has 0 bridgehead atoms. The SMILES string of the molecule is CCCCCCCC(N)C(O)C(=O)N(C)C(CCS(C)=O)C(=O)NC(Cc1ccc(O)cc1)C(=O)O. The van der Waals surface area contributed by atoms with Crippen LogP contribution in [0.15, 0.2) is 24.3 Å². The van der Waals surface area contributed by atoms with Crippen molar-refractivity contribution < 1.29 is 33.9 Å². The van der Waals surface area contributed by atoms with Crippen molar-refractivity contribution in [3.05, 3.63) is 29.8 Å². The normalized spacial score (nSPS) is 15.4. The minimum atomic E-state index is -1.52. The molecule has 11 heteroatoms. The lowest BCUT2D eigenvalue weighted by Gasteiger charge is -2.31. The monoisotopic (exact) mass is 527 g/mol. The van der Waals surface area contributed by atoms with Gasteiger partial charge in [-0.3, -0.25) is 13.8 Å². The largest absolute Gasteiger partial charge is 0.508 e. The molecule has 0 radical (unpaired) electrons. The zero-order valence-corrected chi connectivity index (χ0v) is 22.2. The number of unbranched alkanes of at least 4 members (excludes halogenated alkanes) is 4. The van der Waals surface area contributed by atoms with Crippen LogP contribution in [0.25, 0.3) is 0 Å². The fraction of sp³-hybridized carbons (Fsp3) is 0.640. The van der Waals surface area contributed by atoms with Gasteiger partial charge in [-0.2, -0.15) is 0 Å². The molecule has 0 aliphatic rings. The van der Waals surface area contributed by atoms with Gasteiger partial charge < -0.3 is 31.3 Å². The number of likely N-dealkylation sites (N-methyl/N-ethyl adjacent to an activating group) is 1. The van der Waals surface area contributed by atoms with E-state index in [0.717, 1.165) is 37.0 Å². The molecule has 0 aromatic heterocycles. The van der Waals surface area contributed by atoms with Crippen LogP contribution in [0.3, 0.4) is 0 Å². The maximum atomic E-state index is 13.1. The van der Waals surface area contributed by atoms with E-state index in [1.165, 1.54) is 25.4 Å². The van der Waals surface area contributed by atoms with Crippen molar-refractivity contribution in [2.24, 2.45) is 5.73 Å². The van der Waals surface area contributed by atoms with Crippen LogP contribution in [0, 0.1) is 0 Å². The summed E-state index contributed by atoms with van der Waals surface area (Å²) in [5, 5.41) is 32.0. The van der Waals surface area contributed by atoms with Gasteiger partial charge >= 0.3 is 5.97 Å². The van der Waals surface area contributed by atoms with E-state index < -0.39 is 52.8 Å². The van der Waals surface area contributed by atoms with E-state index in [1.807, 2.05) is 0 Å². The minimum absolute atomic E-state index is 0.0156. The van der Waals surface area contributed by atoms with E-state index in [4.69, 9.17) is 5.73 Å². The van der Waals surface area contributed by atoms with E-state index in [0.29, 0.717) is 12.0 Å². The second-order valence-electron chi connectivity index (χ2n) is 9.11. The summed E-state index contributed by atoms with van der Waals surface area (Å²) in [5.74, 6) is -2.62. The summed E-state index contributed by atoms with van der Waals surface area (Å²) >= 11 is 0. The van der Waals surface area contributed by atoms with Gasteiger partial charge in [0, 0.05) is 42.3 Å². The number of hydrogen-bond donors (Lipinski definition) is 5. The topological polar surface area (TPSA) is 170 Å². The predicted molar refractivity (Wildman–Crippen MR) is 139 cm³/mol. The molecule has 1 aromatic rings. The van der Waals surface area contributed by atoms with Crippen LogP contribution in [-0.2, 0) is 31.6 Å². The summed E-state index contributed by atoms with van der Waals surface area (Å²) in [6.45, 7) is 2.11. The number of carboxylic acids is 1. The Morgan fingerprint density at radius 2 is 1.69 bits per heavy atom. The average molecular weight is 528 g/mol. The highest BCUT2D eigenvalue weighted by Gasteiger charge is 2.34. The molecular formula is C25H41N3O7S. The molecule has 5 atom stereocenters. The van der Waals surface area contributed by atoms with Crippen molar-refractivity contribution in [1.82, 2.24) is 10.2 Å². The molecule has 0 spiro atoms. The number of carbonyl (C=O) groups excluding carboxylic acids is 2. The van der Waals surface area contributed by atoms with E-state index in [9.17, 15) is 33.9 Å². The molecule has 10 nitrogen and oxygen atoms in total. The summed E-state index contributed by atoms with van der Waals surface area (Å²) in [4.78, 5) is 38.9. The third-order valence-corrected chi connectivity index (χ3v) is 6.90. The summed E-state index contributed by atoms with van der Waals surface area (Å²) < 4.78 is 11.7. The summed E-state index contributed by atoms with van der Waals surface area (Å²) in [6, 6.07) is 2.68. The van der Waals surface area contributed by atoms with Gasteiger partial charge in [0.2, 0.25) is 5.91 Å². The van der Waals surface area contributed by atoms with E-state index >= 15 is 0 Å². The smallest absolute Gasteiger partial charge is 0.326 e. The number of hydrogen-bond acceptors (Lipinski definition) is 7. The summed E-state index contributed by atoms with van der Waals surface area (Å²) in [5.41, 5.74) is 6.62. The third-order valence-electron chi connectivity index (χ3n) is 6.09. The van der Waals surface area contributed by atoms with Crippen molar-refractivity contribution in [2.45, 2.75) is 82.5 Å². The number of nitrogens with zero attached hydrogens (tertiary/aromatic N) is 1. The van der Waals surface area contributed by atoms with Gasteiger partial charge in [0.15, 0.2) is 0 Å². The lowest BCUT2D eigenvalue weighted by molar-refractivity contribution is -0.148. The Bertz CT molecular complexity index is 866. The van der Waals surface area contributed by atoms with Crippen molar-refractivity contribution >= 4 is 28.6 Å². The van der Waals surface area contributed by atoms with Crippen molar-refractivity contribution in [2.75, 3.05) is 19.1 Å². The molecule has 204 valence electrons. The number of aromatic hydroxyl groups is 1. The van der Waals surface area contributed by atoms with Crippen LogP contribution in [0.4, 0.5) is 0 Å². The summed E-state index contributed by atoms with van der Waals surface area (Å²) in [7, 11) is 0.0856. The number of amides is 2. The highest BCUT2D eigenvalue weighted by Crippen LogP contribution is 2.14. The number of benzene rings is 1. The molecule has 6 N–H and O–H groups in total. The van der Waals surface area contributed by atoms with Gasteiger partial charge in [-0.25, -0.2) is 4.79 Å². The Balaban J connectivity index is 2.91. The second-order valence-corrected chi connectivity index (χ2v) is 10.7. The van der Waals surface area contributed by atoms with Crippen LogP contribution in [0.2, 0.25) is 0 Å². The first-order valence-corrected chi connectivity index (χ1v) is 14.0. The lowest BCUT2D eigenvalue weighted by Crippen LogP contribution is -2.56. The van der Waals surface area contributed by atoms with Crippen molar-refractivity contribution in [1.29, 1.82) is 0 Å². The highest BCUT2D eigenvalue weighted by atomic mass is 32.2. The van der Waals surface area contributed by atoms with E-state index in [2.05, 4.69) is 12.2 Å². The first kappa shape index (κ1) is 31.5. The van der Waals surface area contributed by atoms with Crippen LogP contribution < -0.4 is 11.1 Å². The van der Waals surface area contributed by atoms with Crippen molar-refractivity contribution in [3.8, 4) is 5.75 Å². The van der Waals surface area contributed by atoms with Crippen LogP contribution in [0.5, 0.6) is 5.75 Å². The number of nitrogens with two attached hydrogens (primary N) is 1. The van der Waals surface area contributed by atoms with Gasteiger partial charge in [-0.1, -0.05) is 51.2 Å². The minimum Gasteiger partial charge on any atom is -0.508 e. The number of aliphatic carboxylic acids is 1. The fourth-order valence-electron chi connectivity index (χ4n) is 3.80. The highest BCUT2D eigenvalue weighted by molar-refractivity contribution is 7.84. The standard InChI is InChI=1S/C25H41N3O7S/c1-4-5-6-7-8-9-19(26)22(30)24(32)28(2)21(14-15-36(3)35)23(31)27-20(25(33)34)16-17-10-12-18(29)13-11-17/h10-13,19-22,29-30H,4-9,14-16,26H2,1-3H3,(H,27,31)(H,33,34). The molecule has 1 rings (SSSR count). The molecule has 0 aliphatic carbocycles. The Labute approximate surface area is 215 Å². The lowest BCUT2D eigenvalue weighted by atomic mass is 10.0. The average Bonchev–Trinajstić information content (AvgIpc) is 2.83. The van der Waals surface area contributed by atoms with E-state index in [1.54, 1.807) is 12.1 Å². The molecule has 1 aromatic carbocycles. The third kappa shape index (κ3) is 11.0. The number of nitrogens with one attached hydrogen (secondary N) is 1. The summed E-state index contributed by atoms with van der Waals surface area (Å²) in [6.07, 6.45) is 5.35. The predicted octanol–water partition coefficient (Wildman–Crippen LogP) is 1.15. The Hall–Kier alpha value is -2.50. The van der Waals surface area contributed by atoms with E-state index in [-0.39, 0.29) is 24.3 Å². The Morgan fingerprint density at radius 1 is 1.08 bits per heavy atom. The van der Waals surface area contributed by atoms with Crippen molar-refractivity contribution in [3.63, 3.8) is 0 Å². The molecule has 2 amide bonds. The van der Waals surface area contributed by atoms with Crippen LogP contribution in [-0.4, -0.2) is 85.5 Å². The fourth-order valence-corrected chi connectivity index (χ4v) is 4.36. The van der Waals surface area contributed by atoms with Crippen LogP contribution in [0.1, 0.15) is 57.4 Å². The molecular weight excluding hydrogens is 486 g/mol. The maximum Gasteiger partial charge on any atom is 0.326 e. The molecule has 36 heavy (non-hydrogen) atoms. The second kappa shape index (κ2) is 16.3. The number of aliphatic hydroxyl groups is 1. The molecule has 5 unspecified atom stereocenters. The molecule has 0 aliphatic heterocycles. The molecule has 0 fully saturated rings. The first-order chi connectivity index (χ1) is 17.0. The maximum absolute atomic E-state index is 13.1. The number of aliphatic hydroxyl groups excluding tert-OH is 1. The Morgan fingerprint density at radius 3 is 2.25 bits per heavy atom. The quantitative estimate of drug-likeness (QED) is 0.188. The number of rotatable bonds is 17. The zero-order chi connectivity index (χ0) is 27.3. The molecule has 0 heterocycles. The number of carbonyl (C=O) groups is 3. The number of carboxylic acid groups (broad SMARTS) is 1. The number of phenolic OH excluding ortho intramolecular Hbond substituents is 1. The van der Waals surface area contributed by atoms with Gasteiger partial charge in [0.05, 0.1) is 0 Å². The Kier molecular flexibility index (Phi) is 14.3. The van der Waals surface area contributed by atoms with Gasteiger partial charge in [-0.15, -0.1) is 0 Å². The van der Waals surface area contributed by atoms with Crippen LogP contribution >= 0.6 is 0 Å². The van der Waals surface area contributed by atoms with Gasteiger partial charge in [-0.05, 0) is 30.5 Å². The first-order valence-electron chi connectivity index (χ1n) is 12.3. The van der Waals surface area contributed by atoms with Gasteiger partial charge in [0.1, 0.15) is 23.9 Å². The molecule has 0 saturated heterocycles. The van der Waals surface area contributed by atoms with Gasteiger partial charge in [0.25, 0.3) is 5.91 Å². The zero-order valence-electron chi connectivity index (χ0n) is 21.4.